The molecule has 0 spiro atoms. The molecule has 2 aromatic rings. The molecule has 6 heteroatoms. The van der Waals surface area contributed by atoms with Gasteiger partial charge in [0.05, 0.1) is 6.42 Å². The monoisotopic (exact) mass is 263 g/mol. The van der Waals surface area contributed by atoms with Gasteiger partial charge >= 0.3 is 0 Å². The van der Waals surface area contributed by atoms with Gasteiger partial charge in [0.2, 0.25) is 12.3 Å². The molecule has 0 bridgehead atoms. The minimum atomic E-state index is 0.180. The maximum Gasteiger partial charge on any atom is 0.227 e. The molecule has 2 aromatic heterocycles. The smallest absolute Gasteiger partial charge is 0.227 e. The molecule has 1 aliphatic heterocycles. The Morgan fingerprint density at radius 3 is 3.28 bits per heavy atom. The number of nitrogens with zero attached hydrogens (tertiary/aromatic N) is 3. The molecule has 0 aliphatic carbocycles. The molecule has 0 N–H and O–H groups in total. The molecule has 3 rings (SSSR count). The Hall–Kier alpha value is -1.69. The van der Waals surface area contributed by atoms with Crippen molar-refractivity contribution in [2.45, 2.75) is 18.8 Å². The molecular formula is C12H13N3O2S. The largest absolute Gasteiger partial charge is 0.343 e. The fourth-order valence-corrected chi connectivity index (χ4v) is 2.90. The van der Waals surface area contributed by atoms with Gasteiger partial charge < -0.3 is 9.42 Å². The van der Waals surface area contributed by atoms with Gasteiger partial charge in [-0.15, -0.1) is 0 Å². The van der Waals surface area contributed by atoms with Crippen LogP contribution in [0.1, 0.15) is 23.7 Å². The zero-order valence-electron chi connectivity index (χ0n) is 9.78. The summed E-state index contributed by atoms with van der Waals surface area (Å²) in [6.07, 6.45) is 2.74. The Balaban J connectivity index is 1.60. The average molecular weight is 263 g/mol. The standard InChI is InChI=1S/C12H13N3O2S/c16-11(5-9-2-4-18-7-9)15-3-1-10(6-15)12-13-8-17-14-12/h2,4,7-8,10H,1,3,5-6H2/t10-/m0/s1. The minimum absolute atomic E-state index is 0.180. The van der Waals surface area contributed by atoms with E-state index in [0.717, 1.165) is 18.5 Å². The number of hydrogen-bond acceptors (Lipinski definition) is 5. The van der Waals surface area contributed by atoms with Crippen molar-refractivity contribution in [3.63, 3.8) is 0 Å². The van der Waals surface area contributed by atoms with E-state index in [4.69, 9.17) is 4.52 Å². The SMILES string of the molecule is O=C(Cc1ccsc1)N1CC[C@H](c2ncon2)C1. The van der Waals surface area contributed by atoms with Gasteiger partial charge in [0.1, 0.15) is 0 Å². The first-order valence-electron chi connectivity index (χ1n) is 5.88. The molecule has 0 saturated carbocycles. The number of hydrogen-bond donors (Lipinski definition) is 0. The average Bonchev–Trinajstić information content (AvgIpc) is 3.11. The summed E-state index contributed by atoms with van der Waals surface area (Å²) in [7, 11) is 0. The molecule has 1 saturated heterocycles. The number of amides is 1. The highest BCUT2D eigenvalue weighted by Gasteiger charge is 2.29. The molecule has 0 radical (unpaired) electrons. The minimum Gasteiger partial charge on any atom is -0.343 e. The van der Waals surface area contributed by atoms with Gasteiger partial charge in [0, 0.05) is 19.0 Å². The van der Waals surface area contributed by atoms with Gasteiger partial charge in [-0.1, -0.05) is 5.16 Å². The van der Waals surface area contributed by atoms with Crippen LogP contribution in [0.25, 0.3) is 0 Å². The summed E-state index contributed by atoms with van der Waals surface area (Å²) < 4.78 is 4.74. The van der Waals surface area contributed by atoms with E-state index in [1.54, 1.807) is 11.3 Å². The number of aromatic nitrogens is 2. The Labute approximate surface area is 108 Å². The molecule has 5 nitrogen and oxygen atoms in total. The highest BCUT2D eigenvalue weighted by Crippen LogP contribution is 2.25. The van der Waals surface area contributed by atoms with Crippen LogP contribution in [0.5, 0.6) is 0 Å². The third-order valence-corrected chi connectivity index (χ3v) is 3.95. The lowest BCUT2D eigenvalue weighted by molar-refractivity contribution is -0.129. The van der Waals surface area contributed by atoms with Crippen LogP contribution < -0.4 is 0 Å². The van der Waals surface area contributed by atoms with Crippen molar-refractivity contribution < 1.29 is 9.32 Å². The molecule has 1 fully saturated rings. The van der Waals surface area contributed by atoms with E-state index in [-0.39, 0.29) is 11.8 Å². The van der Waals surface area contributed by atoms with Crippen molar-refractivity contribution in [3.8, 4) is 0 Å². The maximum absolute atomic E-state index is 12.1. The van der Waals surface area contributed by atoms with Crippen LogP contribution in [0.4, 0.5) is 0 Å². The van der Waals surface area contributed by atoms with E-state index in [2.05, 4.69) is 10.1 Å². The van der Waals surface area contributed by atoms with E-state index in [9.17, 15) is 4.79 Å². The third kappa shape index (κ3) is 2.28. The Morgan fingerprint density at radius 1 is 1.61 bits per heavy atom. The lowest BCUT2D eigenvalue weighted by Gasteiger charge is -2.15. The summed E-state index contributed by atoms with van der Waals surface area (Å²) in [6.45, 7) is 1.48. The first-order valence-corrected chi connectivity index (χ1v) is 6.82. The second-order valence-corrected chi connectivity index (χ2v) is 5.20. The number of carbonyl (C=O) groups excluding carboxylic acids is 1. The van der Waals surface area contributed by atoms with E-state index in [1.807, 2.05) is 21.7 Å². The summed E-state index contributed by atoms with van der Waals surface area (Å²) in [5.74, 6) is 1.11. The number of thiophene rings is 1. The van der Waals surface area contributed by atoms with Gasteiger partial charge in [0.25, 0.3) is 0 Å². The van der Waals surface area contributed by atoms with Crippen LogP contribution in [0.15, 0.2) is 27.7 Å². The van der Waals surface area contributed by atoms with Crippen LogP contribution in [0.2, 0.25) is 0 Å². The second kappa shape index (κ2) is 4.89. The Kier molecular flexibility index (Phi) is 3.10. The topological polar surface area (TPSA) is 59.2 Å². The van der Waals surface area contributed by atoms with E-state index in [0.29, 0.717) is 18.8 Å². The predicted octanol–water partition coefficient (Wildman–Crippen LogP) is 1.69. The van der Waals surface area contributed by atoms with Gasteiger partial charge in [-0.3, -0.25) is 4.79 Å². The van der Waals surface area contributed by atoms with Crippen molar-refractivity contribution in [2.75, 3.05) is 13.1 Å². The molecule has 1 amide bonds. The highest BCUT2D eigenvalue weighted by atomic mass is 32.1. The fraction of sp³-hybridized carbons (Fsp3) is 0.417. The Morgan fingerprint density at radius 2 is 2.56 bits per heavy atom. The summed E-state index contributed by atoms with van der Waals surface area (Å²) in [5.41, 5.74) is 1.09. The van der Waals surface area contributed by atoms with Crippen molar-refractivity contribution in [3.05, 3.63) is 34.6 Å². The van der Waals surface area contributed by atoms with Gasteiger partial charge in [-0.2, -0.15) is 16.3 Å². The molecule has 1 aliphatic rings. The first-order chi connectivity index (χ1) is 8.83. The summed E-state index contributed by atoms with van der Waals surface area (Å²) in [6, 6.07) is 2.00. The lowest BCUT2D eigenvalue weighted by Crippen LogP contribution is -2.29. The predicted molar refractivity (Wildman–Crippen MR) is 66.3 cm³/mol. The van der Waals surface area contributed by atoms with Gasteiger partial charge in [-0.05, 0) is 28.8 Å². The van der Waals surface area contributed by atoms with E-state index < -0.39 is 0 Å². The molecule has 18 heavy (non-hydrogen) atoms. The first kappa shape index (κ1) is 11.4. The van der Waals surface area contributed by atoms with Crippen LogP contribution in [-0.4, -0.2) is 34.0 Å². The molecule has 3 heterocycles. The van der Waals surface area contributed by atoms with Crippen LogP contribution in [0, 0.1) is 0 Å². The van der Waals surface area contributed by atoms with Crippen LogP contribution in [-0.2, 0) is 11.2 Å². The number of carbonyl (C=O) groups is 1. The zero-order chi connectivity index (χ0) is 12.4. The lowest BCUT2D eigenvalue weighted by atomic mass is 10.1. The molecular weight excluding hydrogens is 250 g/mol. The molecule has 1 atom stereocenters. The van der Waals surface area contributed by atoms with Crippen molar-refractivity contribution >= 4 is 17.2 Å². The second-order valence-electron chi connectivity index (χ2n) is 4.42. The van der Waals surface area contributed by atoms with Crippen molar-refractivity contribution in [2.24, 2.45) is 0 Å². The molecule has 94 valence electrons. The van der Waals surface area contributed by atoms with Gasteiger partial charge in [-0.25, -0.2) is 0 Å². The fourth-order valence-electron chi connectivity index (χ4n) is 2.24. The third-order valence-electron chi connectivity index (χ3n) is 3.22. The summed E-state index contributed by atoms with van der Waals surface area (Å²) in [5, 5.41) is 7.86. The normalized spacial score (nSPS) is 19.3. The number of rotatable bonds is 3. The van der Waals surface area contributed by atoms with E-state index >= 15 is 0 Å². The van der Waals surface area contributed by atoms with Crippen molar-refractivity contribution in [1.82, 2.24) is 15.0 Å². The highest BCUT2D eigenvalue weighted by molar-refractivity contribution is 7.07. The maximum atomic E-state index is 12.1. The quantitative estimate of drug-likeness (QED) is 0.845. The van der Waals surface area contributed by atoms with E-state index in [1.165, 1.54) is 6.39 Å². The molecule has 0 aromatic carbocycles. The molecule has 0 unspecified atom stereocenters. The van der Waals surface area contributed by atoms with Gasteiger partial charge in [0.15, 0.2) is 5.82 Å². The number of likely N-dealkylation sites (tertiary alicyclic amines) is 1. The summed E-state index contributed by atoms with van der Waals surface area (Å²) >= 11 is 1.62. The van der Waals surface area contributed by atoms with Crippen molar-refractivity contribution in [1.29, 1.82) is 0 Å². The zero-order valence-corrected chi connectivity index (χ0v) is 10.6. The van der Waals surface area contributed by atoms with Crippen LogP contribution in [0.3, 0.4) is 0 Å². The summed E-state index contributed by atoms with van der Waals surface area (Å²) in [4.78, 5) is 18.0. The Bertz CT molecular complexity index is 509. The van der Waals surface area contributed by atoms with Crippen LogP contribution >= 0.6 is 11.3 Å².